The van der Waals surface area contributed by atoms with Gasteiger partial charge in [-0.3, -0.25) is 0 Å². The molecule has 2 aliphatic carbocycles. The largest absolute Gasteiger partial charge is 0.386 e. The van der Waals surface area contributed by atoms with Gasteiger partial charge in [0.05, 0.1) is 11.4 Å². The minimum atomic E-state index is -3.23. The summed E-state index contributed by atoms with van der Waals surface area (Å²) >= 11 is 0. The maximum absolute atomic E-state index is 12.8. The van der Waals surface area contributed by atoms with Crippen molar-refractivity contribution in [1.29, 1.82) is 0 Å². The fourth-order valence-electron chi connectivity index (χ4n) is 4.52. The molecule has 0 aliphatic heterocycles. The van der Waals surface area contributed by atoms with Crippen molar-refractivity contribution in [3.8, 4) is 0 Å². The SMILES string of the molecule is CC(C)(O)c1ccc(CS(N)(=O)=NC(=O)Nc2c3c(cc4c2CCC4)CCC3)cc1. The van der Waals surface area contributed by atoms with Gasteiger partial charge in [-0.1, -0.05) is 30.3 Å². The van der Waals surface area contributed by atoms with E-state index in [0.29, 0.717) is 5.56 Å². The molecule has 0 bridgehead atoms. The number of rotatable bonds is 4. The smallest absolute Gasteiger partial charge is 0.354 e. The third-order valence-electron chi connectivity index (χ3n) is 5.98. The van der Waals surface area contributed by atoms with Gasteiger partial charge in [0.25, 0.3) is 0 Å². The zero-order chi connectivity index (χ0) is 21.5. The molecule has 0 heterocycles. The molecule has 2 aromatic carbocycles. The van der Waals surface area contributed by atoms with Crippen LogP contribution in [0.2, 0.25) is 0 Å². The standard InChI is InChI=1S/C23H29N3O3S/c1-23(2,28)18-11-9-15(10-12-18)14-30(24,29)26-22(27)25-21-19-7-3-5-16(19)13-17-6-4-8-20(17)21/h9-13,28H,3-8,14H2,1-2H3,(H3,24,25,26,27,29). The number of urea groups is 1. The van der Waals surface area contributed by atoms with Gasteiger partial charge in [-0.25, -0.2) is 14.1 Å². The van der Waals surface area contributed by atoms with Gasteiger partial charge in [0, 0.05) is 5.69 Å². The van der Waals surface area contributed by atoms with E-state index in [1.54, 1.807) is 38.1 Å². The molecule has 4 rings (SSSR count). The lowest BCUT2D eigenvalue weighted by Crippen LogP contribution is -2.20. The van der Waals surface area contributed by atoms with Crippen LogP contribution in [0.4, 0.5) is 10.5 Å². The van der Waals surface area contributed by atoms with Crippen molar-refractivity contribution in [2.75, 3.05) is 5.32 Å². The lowest BCUT2D eigenvalue weighted by Gasteiger charge is -2.18. The topological polar surface area (TPSA) is 105 Å². The number of aliphatic hydroxyl groups is 1. The highest BCUT2D eigenvalue weighted by Gasteiger charge is 2.25. The van der Waals surface area contributed by atoms with E-state index in [2.05, 4.69) is 15.7 Å². The van der Waals surface area contributed by atoms with Gasteiger partial charge in [-0.2, -0.15) is 0 Å². The second-order valence-electron chi connectivity index (χ2n) is 8.85. The van der Waals surface area contributed by atoms with Crippen molar-refractivity contribution in [3.63, 3.8) is 0 Å². The molecule has 0 radical (unpaired) electrons. The zero-order valence-electron chi connectivity index (χ0n) is 17.5. The summed E-state index contributed by atoms with van der Waals surface area (Å²) in [6.45, 7) is 3.40. The van der Waals surface area contributed by atoms with Crippen molar-refractivity contribution in [3.05, 3.63) is 63.7 Å². The first-order chi connectivity index (χ1) is 14.1. The van der Waals surface area contributed by atoms with Crippen molar-refractivity contribution < 1.29 is 14.1 Å². The molecule has 30 heavy (non-hydrogen) atoms. The maximum Gasteiger partial charge on any atom is 0.354 e. The second kappa shape index (κ2) is 7.80. The van der Waals surface area contributed by atoms with E-state index in [4.69, 9.17) is 5.14 Å². The minimum absolute atomic E-state index is 0.0302. The van der Waals surface area contributed by atoms with E-state index in [1.807, 2.05) is 0 Å². The molecule has 2 aromatic rings. The quantitative estimate of drug-likeness (QED) is 0.688. The number of aryl methyl sites for hydroxylation is 2. The van der Waals surface area contributed by atoms with Gasteiger partial charge >= 0.3 is 6.03 Å². The summed E-state index contributed by atoms with van der Waals surface area (Å²) in [5.74, 6) is -0.0302. The molecule has 0 saturated carbocycles. The van der Waals surface area contributed by atoms with Crippen LogP contribution in [0.15, 0.2) is 34.7 Å². The molecule has 160 valence electrons. The highest BCUT2D eigenvalue weighted by Crippen LogP contribution is 2.38. The Labute approximate surface area is 178 Å². The van der Waals surface area contributed by atoms with E-state index in [9.17, 15) is 14.1 Å². The molecule has 2 aliphatic rings. The van der Waals surface area contributed by atoms with Gasteiger partial charge in [0.15, 0.2) is 0 Å². The summed E-state index contributed by atoms with van der Waals surface area (Å²) in [6.07, 6.45) is 6.15. The van der Waals surface area contributed by atoms with Gasteiger partial charge in [0.1, 0.15) is 9.92 Å². The summed E-state index contributed by atoms with van der Waals surface area (Å²) < 4.78 is 16.6. The predicted octanol–water partition coefficient (Wildman–Crippen LogP) is 3.97. The van der Waals surface area contributed by atoms with Crippen LogP contribution in [0.25, 0.3) is 0 Å². The van der Waals surface area contributed by atoms with Crippen molar-refractivity contribution >= 4 is 21.6 Å². The van der Waals surface area contributed by atoms with Crippen LogP contribution >= 0.6 is 0 Å². The minimum Gasteiger partial charge on any atom is -0.386 e. The second-order valence-corrected chi connectivity index (χ2v) is 10.7. The zero-order valence-corrected chi connectivity index (χ0v) is 18.3. The monoisotopic (exact) mass is 427 g/mol. The number of nitrogens with two attached hydrogens (primary N) is 1. The number of amides is 2. The molecule has 4 N–H and O–H groups in total. The Bertz CT molecular complexity index is 1080. The molecule has 1 unspecified atom stereocenters. The Kier molecular flexibility index (Phi) is 5.46. The van der Waals surface area contributed by atoms with Gasteiger partial charge in [-0.05, 0) is 85.8 Å². The van der Waals surface area contributed by atoms with Crippen LogP contribution in [-0.2, 0) is 47.0 Å². The molecule has 0 aromatic heterocycles. The third-order valence-corrected chi connectivity index (χ3v) is 7.20. The normalized spacial score (nSPS) is 17.2. The first kappa shape index (κ1) is 21.0. The first-order valence-electron chi connectivity index (χ1n) is 10.4. The average molecular weight is 428 g/mol. The lowest BCUT2D eigenvalue weighted by molar-refractivity contribution is 0.0786. The highest BCUT2D eigenvalue weighted by atomic mass is 32.2. The Hall–Kier alpha value is -2.22. The Morgan fingerprint density at radius 2 is 1.67 bits per heavy atom. The first-order valence-corrected chi connectivity index (χ1v) is 12.2. The van der Waals surface area contributed by atoms with E-state index < -0.39 is 21.5 Å². The third kappa shape index (κ3) is 4.43. The van der Waals surface area contributed by atoms with E-state index in [-0.39, 0.29) is 5.75 Å². The number of carbonyl (C=O) groups excluding carboxylic acids is 1. The van der Waals surface area contributed by atoms with E-state index in [0.717, 1.165) is 49.8 Å². The van der Waals surface area contributed by atoms with Crippen LogP contribution in [0.5, 0.6) is 0 Å². The molecule has 0 saturated heterocycles. The molecule has 6 nitrogen and oxygen atoms in total. The Morgan fingerprint density at radius 3 is 2.20 bits per heavy atom. The lowest BCUT2D eigenvalue weighted by atomic mass is 9.98. The summed E-state index contributed by atoms with van der Waals surface area (Å²) in [4.78, 5) is 12.6. The fraction of sp³-hybridized carbons (Fsp3) is 0.435. The van der Waals surface area contributed by atoms with Crippen LogP contribution in [0.1, 0.15) is 60.1 Å². The number of nitrogens with one attached hydrogen (secondary N) is 1. The van der Waals surface area contributed by atoms with E-state index in [1.165, 1.54) is 22.3 Å². The van der Waals surface area contributed by atoms with Crippen LogP contribution in [0.3, 0.4) is 0 Å². The van der Waals surface area contributed by atoms with E-state index >= 15 is 0 Å². The highest BCUT2D eigenvalue weighted by molar-refractivity contribution is 7.90. The molecule has 2 amide bonds. The number of hydrogen-bond donors (Lipinski definition) is 3. The molecule has 0 fully saturated rings. The predicted molar refractivity (Wildman–Crippen MR) is 120 cm³/mol. The Morgan fingerprint density at radius 1 is 1.10 bits per heavy atom. The Balaban J connectivity index is 1.54. The molecule has 7 heteroatoms. The van der Waals surface area contributed by atoms with Crippen molar-refractivity contribution in [2.24, 2.45) is 9.50 Å². The maximum atomic E-state index is 12.8. The fourth-order valence-corrected chi connectivity index (χ4v) is 5.58. The van der Waals surface area contributed by atoms with Gasteiger partial charge in [0.2, 0.25) is 0 Å². The summed E-state index contributed by atoms with van der Waals surface area (Å²) in [7, 11) is -3.23. The summed E-state index contributed by atoms with van der Waals surface area (Å²) in [5, 5.41) is 18.9. The van der Waals surface area contributed by atoms with Gasteiger partial charge in [-0.15, -0.1) is 4.36 Å². The van der Waals surface area contributed by atoms with Crippen LogP contribution in [-0.4, -0.2) is 15.3 Å². The molecule has 1 atom stereocenters. The van der Waals surface area contributed by atoms with Gasteiger partial charge < -0.3 is 10.4 Å². The number of hydrogen-bond acceptors (Lipinski definition) is 3. The van der Waals surface area contributed by atoms with Crippen LogP contribution in [0, 0.1) is 0 Å². The number of fused-ring (bicyclic) bond motifs is 2. The van der Waals surface area contributed by atoms with Crippen molar-refractivity contribution in [1.82, 2.24) is 0 Å². The number of benzene rings is 2. The summed E-state index contributed by atoms with van der Waals surface area (Å²) in [5.41, 5.74) is 6.39. The molecule has 0 spiro atoms. The number of anilines is 1. The molecular formula is C23H29N3O3S. The van der Waals surface area contributed by atoms with Crippen molar-refractivity contribution in [2.45, 2.75) is 63.7 Å². The number of carbonyl (C=O) groups is 1. The summed E-state index contributed by atoms with van der Waals surface area (Å²) in [6, 6.07) is 8.68. The van der Waals surface area contributed by atoms with Crippen LogP contribution < -0.4 is 10.5 Å². The number of nitrogens with zero attached hydrogens (tertiary/aromatic N) is 1. The molecular weight excluding hydrogens is 398 g/mol. The average Bonchev–Trinajstić information content (AvgIpc) is 3.29.